The molecule has 4 aromatic rings. The Kier molecular flexibility index (Phi) is 7.98. The molecule has 190 valence electrons. The molecular weight excluding hydrogens is 610 g/mol. The molecule has 0 fully saturated rings. The van der Waals surface area contributed by atoms with Gasteiger partial charge in [-0.1, -0.05) is 29.8 Å². The number of aromatic nitrogens is 3. The number of pyridine rings is 1. The molecule has 0 atom stereocenters. The molecule has 2 aromatic carbocycles. The van der Waals surface area contributed by atoms with E-state index >= 15 is 0 Å². The highest BCUT2D eigenvalue weighted by atomic mass is 79.9. The average Bonchev–Trinajstić information content (AvgIpc) is 2.86. The van der Waals surface area contributed by atoms with Crippen molar-refractivity contribution in [2.45, 2.75) is 26.7 Å². The summed E-state index contributed by atoms with van der Waals surface area (Å²) in [4.78, 5) is 32.3. The molecule has 0 amide bonds. The van der Waals surface area contributed by atoms with Crippen LogP contribution in [-0.2, 0) is 0 Å². The van der Waals surface area contributed by atoms with Crippen LogP contribution in [-0.4, -0.2) is 32.4 Å². The second kappa shape index (κ2) is 11.2. The minimum absolute atomic E-state index is 0.0507. The zero-order valence-corrected chi connectivity index (χ0v) is 23.2. The van der Waals surface area contributed by atoms with Gasteiger partial charge in [0.05, 0.1) is 28.6 Å². The number of nitrogens with zero attached hydrogens (tertiary/aromatic N) is 5. The molecule has 10 nitrogen and oxygen atoms in total. The Hall–Kier alpha value is -3.64. The van der Waals surface area contributed by atoms with E-state index in [1.807, 2.05) is 26.8 Å². The van der Waals surface area contributed by atoms with E-state index in [-0.39, 0.29) is 23.0 Å². The molecule has 4 rings (SSSR count). The molecule has 0 aliphatic rings. The van der Waals surface area contributed by atoms with Crippen molar-refractivity contribution >= 4 is 54.7 Å². The number of ether oxygens (including phenoxy) is 2. The molecule has 0 unspecified atom stereocenters. The van der Waals surface area contributed by atoms with E-state index in [0.29, 0.717) is 44.9 Å². The van der Waals surface area contributed by atoms with Crippen LogP contribution in [0.4, 0.5) is 5.69 Å². The van der Waals surface area contributed by atoms with E-state index in [1.165, 1.54) is 16.8 Å². The number of hydrogen-bond donors (Lipinski definition) is 0. The van der Waals surface area contributed by atoms with Gasteiger partial charge < -0.3 is 9.47 Å². The Labute approximate surface area is 228 Å². The first kappa shape index (κ1) is 26.4. The van der Waals surface area contributed by atoms with Gasteiger partial charge in [-0.25, -0.2) is 9.97 Å². The van der Waals surface area contributed by atoms with Crippen LogP contribution in [0.25, 0.3) is 10.9 Å². The monoisotopic (exact) mass is 629 g/mol. The number of halogens is 2. The Balaban J connectivity index is 1.73. The molecule has 0 bridgehead atoms. The molecule has 0 saturated carbocycles. The summed E-state index contributed by atoms with van der Waals surface area (Å²) in [6, 6.07) is 11.5. The second-order valence-corrected chi connectivity index (χ2v) is 9.88. The van der Waals surface area contributed by atoms with Crippen LogP contribution >= 0.6 is 31.9 Å². The zero-order valence-electron chi connectivity index (χ0n) is 20.0. The molecule has 0 spiro atoms. The summed E-state index contributed by atoms with van der Waals surface area (Å²) in [5.41, 5.74) is 0.807. The Morgan fingerprint density at radius 3 is 2.59 bits per heavy atom. The normalized spacial score (nSPS) is 11.4. The van der Waals surface area contributed by atoms with Gasteiger partial charge in [0.25, 0.3) is 11.2 Å². The van der Waals surface area contributed by atoms with Crippen molar-refractivity contribution in [3.63, 3.8) is 0 Å². The summed E-state index contributed by atoms with van der Waals surface area (Å²) in [7, 11) is 0. The minimum atomic E-state index is -0.535. The first-order chi connectivity index (χ1) is 17.7. The van der Waals surface area contributed by atoms with Crippen molar-refractivity contribution in [2.24, 2.45) is 5.10 Å². The minimum Gasteiger partial charge on any atom is -0.490 e. The van der Waals surface area contributed by atoms with Crippen LogP contribution in [0.2, 0.25) is 0 Å². The second-order valence-electron chi connectivity index (χ2n) is 8.11. The molecule has 37 heavy (non-hydrogen) atoms. The summed E-state index contributed by atoms with van der Waals surface area (Å²) < 4.78 is 14.3. The van der Waals surface area contributed by atoms with Crippen molar-refractivity contribution in [2.75, 3.05) is 6.61 Å². The highest BCUT2D eigenvalue weighted by Gasteiger charge is 2.16. The fourth-order valence-electron chi connectivity index (χ4n) is 3.42. The van der Waals surface area contributed by atoms with Gasteiger partial charge in [0.1, 0.15) is 12.0 Å². The van der Waals surface area contributed by atoms with Gasteiger partial charge in [0.15, 0.2) is 11.5 Å². The van der Waals surface area contributed by atoms with Crippen molar-refractivity contribution in [1.82, 2.24) is 14.6 Å². The summed E-state index contributed by atoms with van der Waals surface area (Å²) in [5.74, 6) is 1.40. The lowest BCUT2D eigenvalue weighted by Crippen LogP contribution is -2.23. The fourth-order valence-corrected chi connectivity index (χ4v) is 4.21. The van der Waals surface area contributed by atoms with Gasteiger partial charge in [-0.2, -0.15) is 9.78 Å². The van der Waals surface area contributed by atoms with Gasteiger partial charge in [-0.15, -0.1) is 0 Å². The topological polar surface area (TPSA) is 122 Å². The predicted molar refractivity (Wildman–Crippen MR) is 147 cm³/mol. The van der Waals surface area contributed by atoms with Gasteiger partial charge >= 0.3 is 0 Å². The van der Waals surface area contributed by atoms with E-state index in [0.717, 1.165) is 10.7 Å². The standard InChI is InChI=1S/C25H21Br2N5O5/c1-4-36-21-9-15(19(27)11-22(21)37-23-8-6-17(13-28-23)32(34)35)12-29-31-24(14(2)3)30-20-7-5-16(26)10-18(20)25(31)33/h5-14H,4H2,1-3H3. The first-order valence-corrected chi connectivity index (χ1v) is 12.8. The lowest BCUT2D eigenvalue weighted by atomic mass is 10.2. The molecule has 12 heteroatoms. The van der Waals surface area contributed by atoms with Crippen LogP contribution < -0.4 is 15.0 Å². The number of benzene rings is 2. The molecule has 0 saturated heterocycles. The smallest absolute Gasteiger partial charge is 0.287 e. The summed E-state index contributed by atoms with van der Waals surface area (Å²) in [5, 5.41) is 15.8. The summed E-state index contributed by atoms with van der Waals surface area (Å²) >= 11 is 6.93. The Morgan fingerprint density at radius 2 is 1.95 bits per heavy atom. The van der Waals surface area contributed by atoms with Crippen molar-refractivity contribution < 1.29 is 14.4 Å². The fraction of sp³-hybridized carbons (Fsp3) is 0.200. The van der Waals surface area contributed by atoms with Crippen LogP contribution in [0.1, 0.15) is 38.1 Å². The number of fused-ring (bicyclic) bond motifs is 1. The van der Waals surface area contributed by atoms with Crippen LogP contribution in [0.15, 0.2) is 67.5 Å². The van der Waals surface area contributed by atoms with E-state index in [9.17, 15) is 14.9 Å². The maximum atomic E-state index is 13.3. The third kappa shape index (κ3) is 5.86. The summed E-state index contributed by atoms with van der Waals surface area (Å²) in [6.07, 6.45) is 2.66. The van der Waals surface area contributed by atoms with Gasteiger partial charge in [0.2, 0.25) is 5.88 Å². The average molecular weight is 631 g/mol. The van der Waals surface area contributed by atoms with Crippen molar-refractivity contribution in [3.8, 4) is 17.4 Å². The molecule has 0 aliphatic heterocycles. The van der Waals surface area contributed by atoms with E-state index in [2.05, 4.69) is 46.9 Å². The zero-order chi connectivity index (χ0) is 26.7. The number of nitro groups is 1. The quantitative estimate of drug-likeness (QED) is 0.125. The molecule has 0 radical (unpaired) electrons. The maximum absolute atomic E-state index is 13.3. The Morgan fingerprint density at radius 1 is 1.16 bits per heavy atom. The largest absolute Gasteiger partial charge is 0.490 e. The van der Waals surface area contributed by atoms with Crippen LogP contribution in [0, 0.1) is 10.1 Å². The lowest BCUT2D eigenvalue weighted by molar-refractivity contribution is -0.385. The SMILES string of the molecule is CCOc1cc(C=Nn2c(C(C)C)nc3ccc(Br)cc3c2=O)c(Br)cc1Oc1ccc([N+](=O)[O-])cn1. The van der Waals surface area contributed by atoms with Crippen molar-refractivity contribution in [3.05, 3.63) is 89.5 Å². The first-order valence-electron chi connectivity index (χ1n) is 11.2. The molecule has 2 heterocycles. The molecular formula is C25H21Br2N5O5. The molecule has 2 aromatic heterocycles. The molecule has 0 aliphatic carbocycles. The maximum Gasteiger partial charge on any atom is 0.287 e. The number of rotatable bonds is 8. The Bertz CT molecular complexity index is 1570. The van der Waals surface area contributed by atoms with Crippen LogP contribution in [0.5, 0.6) is 17.4 Å². The highest BCUT2D eigenvalue weighted by molar-refractivity contribution is 9.10. The third-order valence-electron chi connectivity index (χ3n) is 5.17. The molecule has 0 N–H and O–H groups in total. The van der Waals surface area contributed by atoms with E-state index in [1.54, 1.807) is 30.5 Å². The van der Waals surface area contributed by atoms with Crippen LogP contribution in [0.3, 0.4) is 0 Å². The van der Waals surface area contributed by atoms with Gasteiger partial charge in [0, 0.05) is 32.6 Å². The van der Waals surface area contributed by atoms with Gasteiger partial charge in [-0.05, 0) is 53.2 Å². The van der Waals surface area contributed by atoms with E-state index < -0.39 is 4.92 Å². The van der Waals surface area contributed by atoms with Crippen molar-refractivity contribution in [1.29, 1.82) is 0 Å². The predicted octanol–water partition coefficient (Wildman–Crippen LogP) is 6.42. The highest BCUT2D eigenvalue weighted by Crippen LogP contribution is 2.36. The van der Waals surface area contributed by atoms with E-state index in [4.69, 9.17) is 9.47 Å². The number of hydrogen-bond acceptors (Lipinski definition) is 8. The summed E-state index contributed by atoms with van der Waals surface area (Å²) in [6.45, 7) is 6.08. The third-order valence-corrected chi connectivity index (χ3v) is 6.35. The van der Waals surface area contributed by atoms with Gasteiger partial charge in [-0.3, -0.25) is 14.9 Å². The lowest BCUT2D eigenvalue weighted by Gasteiger charge is -2.14.